The van der Waals surface area contributed by atoms with Gasteiger partial charge in [0.15, 0.2) is 5.11 Å². The Morgan fingerprint density at radius 2 is 2.12 bits per heavy atom. The number of hydrogen-bond acceptors (Lipinski definition) is 2. The number of halogens is 2. The molecule has 1 unspecified atom stereocenters. The third-order valence-corrected chi connectivity index (χ3v) is 4.67. The first-order chi connectivity index (χ1) is 12.1. The number of anilines is 1. The lowest BCUT2D eigenvalue weighted by atomic mass is 10.2. The fourth-order valence-corrected chi connectivity index (χ4v) is 3.33. The van der Waals surface area contributed by atoms with E-state index in [1.54, 1.807) is 6.07 Å². The van der Waals surface area contributed by atoms with Gasteiger partial charge in [0.1, 0.15) is 5.82 Å². The highest BCUT2D eigenvalue weighted by atomic mass is 35.5. The molecule has 0 saturated carbocycles. The maximum absolute atomic E-state index is 13.5. The first-order valence-corrected chi connectivity index (χ1v) is 9.06. The molecule has 1 atom stereocenters. The second kappa shape index (κ2) is 8.61. The molecule has 2 aromatic carbocycles. The van der Waals surface area contributed by atoms with Crippen molar-refractivity contribution in [1.29, 1.82) is 0 Å². The molecule has 25 heavy (non-hydrogen) atoms. The van der Waals surface area contributed by atoms with E-state index >= 15 is 0 Å². The van der Waals surface area contributed by atoms with Gasteiger partial charge in [-0.2, -0.15) is 0 Å². The Bertz CT molecular complexity index is 737. The highest BCUT2D eigenvalue weighted by molar-refractivity contribution is 7.80. The van der Waals surface area contributed by atoms with Gasteiger partial charge in [-0.3, -0.25) is 0 Å². The van der Waals surface area contributed by atoms with Crippen molar-refractivity contribution >= 4 is 34.6 Å². The smallest absolute Gasteiger partial charge is 0.173 e. The van der Waals surface area contributed by atoms with E-state index in [0.717, 1.165) is 30.7 Å². The van der Waals surface area contributed by atoms with Crippen LogP contribution in [0.4, 0.5) is 10.1 Å². The molecule has 132 valence electrons. The van der Waals surface area contributed by atoms with Crippen LogP contribution in [0.2, 0.25) is 5.02 Å². The molecule has 1 heterocycles. The summed E-state index contributed by atoms with van der Waals surface area (Å²) >= 11 is 11.6. The number of rotatable bonds is 5. The van der Waals surface area contributed by atoms with Gasteiger partial charge in [-0.15, -0.1) is 0 Å². The van der Waals surface area contributed by atoms with E-state index in [4.69, 9.17) is 28.6 Å². The molecule has 0 aliphatic carbocycles. The molecule has 1 N–H and O–H groups in total. The Kier molecular flexibility index (Phi) is 6.24. The van der Waals surface area contributed by atoms with Crippen LogP contribution in [0.1, 0.15) is 18.4 Å². The molecular formula is C19H20ClFN2OS. The van der Waals surface area contributed by atoms with Gasteiger partial charge in [0, 0.05) is 30.4 Å². The average molecular weight is 379 g/mol. The normalized spacial score (nSPS) is 16.6. The van der Waals surface area contributed by atoms with Crippen molar-refractivity contribution in [3.8, 4) is 0 Å². The van der Waals surface area contributed by atoms with Crippen LogP contribution >= 0.6 is 23.8 Å². The van der Waals surface area contributed by atoms with Crippen LogP contribution in [0.25, 0.3) is 0 Å². The summed E-state index contributed by atoms with van der Waals surface area (Å²) in [4.78, 5) is 2.01. The van der Waals surface area contributed by atoms with Crippen LogP contribution in [0.5, 0.6) is 0 Å². The number of benzene rings is 2. The predicted molar refractivity (Wildman–Crippen MR) is 103 cm³/mol. The number of thiocarbonyl (C=S) groups is 1. The SMILES string of the molecule is Fc1cccc(CN(CC2CCCO2)C(=S)Nc2cccc(Cl)c2)c1. The van der Waals surface area contributed by atoms with E-state index in [0.29, 0.717) is 23.2 Å². The lowest BCUT2D eigenvalue weighted by molar-refractivity contribution is 0.0905. The Balaban J connectivity index is 1.73. The average Bonchev–Trinajstić information content (AvgIpc) is 3.07. The van der Waals surface area contributed by atoms with Crippen LogP contribution in [0, 0.1) is 5.82 Å². The van der Waals surface area contributed by atoms with Crippen molar-refractivity contribution in [1.82, 2.24) is 4.90 Å². The number of ether oxygens (including phenoxy) is 1. The monoisotopic (exact) mass is 378 g/mol. The van der Waals surface area contributed by atoms with Crippen LogP contribution < -0.4 is 5.32 Å². The first kappa shape index (κ1) is 18.1. The van der Waals surface area contributed by atoms with Gasteiger partial charge in [0.2, 0.25) is 0 Å². The van der Waals surface area contributed by atoms with Crippen molar-refractivity contribution in [2.24, 2.45) is 0 Å². The van der Waals surface area contributed by atoms with Gasteiger partial charge in [-0.05, 0) is 61.0 Å². The first-order valence-electron chi connectivity index (χ1n) is 8.28. The summed E-state index contributed by atoms with van der Waals surface area (Å²) < 4.78 is 19.2. The minimum absolute atomic E-state index is 0.146. The largest absolute Gasteiger partial charge is 0.376 e. The van der Waals surface area contributed by atoms with E-state index in [9.17, 15) is 4.39 Å². The molecule has 6 heteroatoms. The standard InChI is InChI=1S/C19H20ClFN2OS/c20-15-5-2-7-17(11-15)22-19(25)23(13-18-8-3-9-24-18)12-14-4-1-6-16(21)10-14/h1-2,4-7,10-11,18H,3,8-9,12-13H2,(H,22,25). The highest BCUT2D eigenvalue weighted by Gasteiger charge is 2.21. The third-order valence-electron chi connectivity index (χ3n) is 4.07. The second-order valence-electron chi connectivity index (χ2n) is 6.09. The Labute approximate surface area is 157 Å². The minimum Gasteiger partial charge on any atom is -0.376 e. The van der Waals surface area contributed by atoms with Crippen molar-refractivity contribution in [3.63, 3.8) is 0 Å². The fourth-order valence-electron chi connectivity index (χ4n) is 2.88. The van der Waals surface area contributed by atoms with Crippen LogP contribution in [0.15, 0.2) is 48.5 Å². The molecule has 3 rings (SSSR count). The van der Waals surface area contributed by atoms with Crippen LogP contribution in [0.3, 0.4) is 0 Å². The van der Waals surface area contributed by atoms with E-state index < -0.39 is 0 Å². The number of nitrogens with zero attached hydrogens (tertiary/aromatic N) is 1. The topological polar surface area (TPSA) is 24.5 Å². The lowest BCUT2D eigenvalue weighted by Crippen LogP contribution is -2.39. The van der Waals surface area contributed by atoms with Crippen molar-refractivity contribution < 1.29 is 9.13 Å². The number of nitrogens with one attached hydrogen (secondary N) is 1. The van der Waals surface area contributed by atoms with Gasteiger partial charge in [-0.25, -0.2) is 4.39 Å². The second-order valence-corrected chi connectivity index (χ2v) is 6.91. The van der Waals surface area contributed by atoms with Gasteiger partial charge in [0.25, 0.3) is 0 Å². The predicted octanol–water partition coefficient (Wildman–Crippen LogP) is 4.86. The molecule has 3 nitrogen and oxygen atoms in total. The Morgan fingerprint density at radius 3 is 2.84 bits per heavy atom. The van der Waals surface area contributed by atoms with Gasteiger partial charge >= 0.3 is 0 Å². The summed E-state index contributed by atoms with van der Waals surface area (Å²) in [5, 5.41) is 4.43. The molecule has 0 spiro atoms. The van der Waals surface area contributed by atoms with Gasteiger partial charge in [-0.1, -0.05) is 29.8 Å². The summed E-state index contributed by atoms with van der Waals surface area (Å²) in [6.45, 7) is 1.97. The molecule has 2 aromatic rings. The summed E-state index contributed by atoms with van der Waals surface area (Å²) in [5.74, 6) is -0.247. The van der Waals surface area contributed by atoms with Crippen molar-refractivity contribution in [3.05, 3.63) is 64.9 Å². The molecule has 0 amide bonds. The summed E-state index contributed by atoms with van der Waals surface area (Å²) in [6.07, 6.45) is 2.22. The molecule has 1 fully saturated rings. The number of hydrogen-bond donors (Lipinski definition) is 1. The molecular weight excluding hydrogens is 359 g/mol. The van der Waals surface area contributed by atoms with E-state index in [1.807, 2.05) is 35.2 Å². The molecule has 1 aliphatic heterocycles. The van der Waals surface area contributed by atoms with E-state index in [-0.39, 0.29) is 11.9 Å². The quantitative estimate of drug-likeness (QED) is 0.751. The minimum atomic E-state index is -0.247. The summed E-state index contributed by atoms with van der Waals surface area (Å²) in [6, 6.07) is 14.0. The molecule has 0 radical (unpaired) electrons. The Hall–Kier alpha value is -1.69. The van der Waals surface area contributed by atoms with E-state index in [2.05, 4.69) is 5.32 Å². The van der Waals surface area contributed by atoms with E-state index in [1.165, 1.54) is 12.1 Å². The summed E-state index contributed by atoms with van der Waals surface area (Å²) in [5.41, 5.74) is 1.70. The van der Waals surface area contributed by atoms with Crippen molar-refractivity contribution in [2.75, 3.05) is 18.5 Å². The van der Waals surface area contributed by atoms with Crippen LogP contribution in [-0.4, -0.2) is 29.3 Å². The highest BCUT2D eigenvalue weighted by Crippen LogP contribution is 2.19. The Morgan fingerprint density at radius 1 is 1.28 bits per heavy atom. The fraction of sp³-hybridized carbons (Fsp3) is 0.316. The zero-order valence-corrected chi connectivity index (χ0v) is 15.3. The maximum Gasteiger partial charge on any atom is 0.173 e. The zero-order valence-electron chi connectivity index (χ0n) is 13.8. The zero-order chi connectivity index (χ0) is 17.6. The lowest BCUT2D eigenvalue weighted by Gasteiger charge is -2.28. The third kappa shape index (κ3) is 5.39. The van der Waals surface area contributed by atoms with Gasteiger partial charge < -0.3 is 15.0 Å². The van der Waals surface area contributed by atoms with Gasteiger partial charge in [0.05, 0.1) is 6.10 Å². The van der Waals surface area contributed by atoms with Crippen molar-refractivity contribution in [2.45, 2.75) is 25.5 Å². The van der Waals surface area contributed by atoms with Crippen LogP contribution in [-0.2, 0) is 11.3 Å². The molecule has 0 aromatic heterocycles. The molecule has 1 saturated heterocycles. The summed E-state index contributed by atoms with van der Waals surface area (Å²) in [7, 11) is 0. The maximum atomic E-state index is 13.5. The molecule has 0 bridgehead atoms. The molecule has 1 aliphatic rings.